The quantitative estimate of drug-likeness (QED) is 0.588. The van der Waals surface area contributed by atoms with Crippen molar-refractivity contribution in [1.82, 2.24) is 15.3 Å². The molecule has 1 aromatic carbocycles. The van der Waals surface area contributed by atoms with Gasteiger partial charge in [0, 0.05) is 18.3 Å². The monoisotopic (exact) mass is 460 g/mol. The molecule has 34 heavy (non-hydrogen) atoms. The average molecular weight is 460 g/mol. The second-order valence-electron chi connectivity index (χ2n) is 7.41. The minimum absolute atomic E-state index is 0.0741. The summed E-state index contributed by atoms with van der Waals surface area (Å²) in [6.45, 7) is 1.07. The number of methoxy groups -OCH3 is 1. The number of rotatable bonds is 4. The van der Waals surface area contributed by atoms with Crippen LogP contribution in [0.3, 0.4) is 0 Å². The number of cyclic esters (lactones) is 1. The minimum atomic E-state index is -0.949. The third kappa shape index (κ3) is 4.23. The van der Waals surface area contributed by atoms with Crippen LogP contribution in [0.2, 0.25) is 0 Å². The van der Waals surface area contributed by atoms with Crippen molar-refractivity contribution in [2.75, 3.05) is 38.3 Å². The molecule has 10 heteroatoms. The van der Waals surface area contributed by atoms with E-state index in [9.17, 15) is 9.59 Å². The Morgan fingerprint density at radius 3 is 2.91 bits per heavy atom. The lowest BCUT2D eigenvalue weighted by atomic mass is 10.2. The molecule has 1 atom stereocenters. The van der Waals surface area contributed by atoms with Gasteiger partial charge in [-0.05, 0) is 24.3 Å². The molecule has 1 unspecified atom stereocenters. The summed E-state index contributed by atoms with van der Waals surface area (Å²) < 4.78 is 21.5. The van der Waals surface area contributed by atoms with E-state index in [4.69, 9.17) is 18.9 Å². The summed E-state index contributed by atoms with van der Waals surface area (Å²) in [5.74, 6) is 7.09. The van der Waals surface area contributed by atoms with Gasteiger partial charge in [0.2, 0.25) is 5.88 Å². The van der Waals surface area contributed by atoms with E-state index >= 15 is 0 Å². The highest BCUT2D eigenvalue weighted by molar-refractivity contribution is 5.96. The second-order valence-corrected chi connectivity index (χ2v) is 7.41. The van der Waals surface area contributed by atoms with Crippen molar-refractivity contribution in [2.45, 2.75) is 6.10 Å². The lowest BCUT2D eigenvalue weighted by Crippen LogP contribution is -2.37. The highest BCUT2D eigenvalue weighted by Crippen LogP contribution is 2.35. The van der Waals surface area contributed by atoms with E-state index in [-0.39, 0.29) is 13.1 Å². The van der Waals surface area contributed by atoms with Crippen LogP contribution in [0.4, 0.5) is 10.5 Å². The van der Waals surface area contributed by atoms with Gasteiger partial charge in [0.15, 0.2) is 17.6 Å². The van der Waals surface area contributed by atoms with E-state index in [1.807, 2.05) is 0 Å². The maximum absolute atomic E-state index is 12.5. The number of amides is 2. The first-order valence-electron chi connectivity index (χ1n) is 10.6. The van der Waals surface area contributed by atoms with Crippen molar-refractivity contribution in [3.63, 3.8) is 0 Å². The van der Waals surface area contributed by atoms with Gasteiger partial charge in [0.05, 0.1) is 37.0 Å². The highest BCUT2D eigenvalue weighted by atomic mass is 16.6. The summed E-state index contributed by atoms with van der Waals surface area (Å²) in [7, 11) is 1.54. The van der Waals surface area contributed by atoms with Gasteiger partial charge in [-0.25, -0.2) is 9.78 Å². The summed E-state index contributed by atoms with van der Waals surface area (Å²) >= 11 is 0. The average Bonchev–Trinajstić information content (AvgIpc) is 3.27. The molecule has 0 aliphatic carbocycles. The van der Waals surface area contributed by atoms with Crippen LogP contribution in [-0.2, 0) is 9.53 Å². The van der Waals surface area contributed by atoms with Gasteiger partial charge in [0.1, 0.15) is 18.7 Å². The highest BCUT2D eigenvalue weighted by Gasteiger charge is 2.37. The Bertz CT molecular complexity index is 1330. The molecule has 4 heterocycles. The van der Waals surface area contributed by atoms with Gasteiger partial charge in [0.25, 0.3) is 5.91 Å². The third-order valence-electron chi connectivity index (χ3n) is 5.28. The molecule has 2 aliphatic heterocycles. The van der Waals surface area contributed by atoms with Crippen molar-refractivity contribution >= 4 is 28.7 Å². The fourth-order valence-corrected chi connectivity index (χ4v) is 3.62. The van der Waals surface area contributed by atoms with Gasteiger partial charge in [-0.15, -0.1) is 0 Å². The number of ether oxygens (including phenoxy) is 4. The van der Waals surface area contributed by atoms with E-state index in [1.54, 1.807) is 42.6 Å². The molecule has 1 fully saturated rings. The summed E-state index contributed by atoms with van der Waals surface area (Å²) in [4.78, 5) is 34.9. The van der Waals surface area contributed by atoms with E-state index in [0.717, 1.165) is 0 Å². The zero-order valence-electron chi connectivity index (χ0n) is 18.2. The third-order valence-corrected chi connectivity index (χ3v) is 5.28. The molecule has 5 rings (SSSR count). The number of carbonyl (C=O) groups is 2. The van der Waals surface area contributed by atoms with Gasteiger partial charge in [-0.1, -0.05) is 11.8 Å². The predicted molar refractivity (Wildman–Crippen MR) is 121 cm³/mol. The van der Waals surface area contributed by atoms with Crippen LogP contribution < -0.4 is 24.4 Å². The normalized spacial score (nSPS) is 16.4. The van der Waals surface area contributed by atoms with Gasteiger partial charge in [-0.3, -0.25) is 14.7 Å². The number of nitrogens with one attached hydrogen (secondary N) is 1. The van der Waals surface area contributed by atoms with Crippen LogP contribution in [0.15, 0.2) is 42.6 Å². The molecule has 2 aromatic heterocycles. The first-order valence-corrected chi connectivity index (χ1v) is 10.6. The Morgan fingerprint density at radius 2 is 2.06 bits per heavy atom. The number of benzene rings is 1. The van der Waals surface area contributed by atoms with E-state index < -0.39 is 18.1 Å². The smallest absolute Gasteiger partial charge is 0.415 e. The molecule has 1 saturated heterocycles. The maximum Gasteiger partial charge on any atom is 0.415 e. The number of hydrogen-bond donors (Lipinski definition) is 1. The molecule has 0 saturated carbocycles. The first-order chi connectivity index (χ1) is 16.6. The van der Waals surface area contributed by atoms with Crippen LogP contribution in [0.5, 0.6) is 17.4 Å². The fraction of sp³-hybridized carbons (Fsp3) is 0.250. The largest absolute Gasteiger partial charge is 0.486 e. The molecule has 2 amide bonds. The topological polar surface area (TPSA) is 112 Å². The molecule has 1 N–H and O–H groups in total. The van der Waals surface area contributed by atoms with Crippen LogP contribution in [0.25, 0.3) is 11.0 Å². The standard InChI is InChI=1S/C24H20N4O6/c1-31-21-7-5-17-22(27-21)15(8-10-25-17)3-2-9-26-23(29)20-14-28(24(30)34-20)16-4-6-18-19(13-16)33-12-11-32-18/h4-8,10,13,20H,9,11-12,14H2,1H3,(H,26,29). The van der Waals surface area contributed by atoms with Gasteiger partial charge >= 0.3 is 6.09 Å². The summed E-state index contributed by atoms with van der Waals surface area (Å²) in [5, 5.41) is 2.69. The van der Waals surface area contributed by atoms with Crippen LogP contribution in [0, 0.1) is 11.8 Å². The molecule has 10 nitrogen and oxygen atoms in total. The Hall–Kier alpha value is -4.52. The predicted octanol–water partition coefficient (Wildman–Crippen LogP) is 1.90. The zero-order valence-corrected chi connectivity index (χ0v) is 18.2. The van der Waals surface area contributed by atoms with E-state index in [0.29, 0.717) is 52.9 Å². The molecule has 172 valence electrons. The first kappa shape index (κ1) is 21.3. The Balaban J connectivity index is 1.22. The van der Waals surface area contributed by atoms with E-state index in [1.165, 1.54) is 12.0 Å². The van der Waals surface area contributed by atoms with Crippen molar-refractivity contribution in [3.05, 3.63) is 48.2 Å². The minimum Gasteiger partial charge on any atom is -0.486 e. The number of anilines is 1. The summed E-state index contributed by atoms with van der Waals surface area (Å²) in [6, 6.07) is 10.4. The molecule has 0 bridgehead atoms. The maximum atomic E-state index is 12.5. The molecule has 3 aromatic rings. The Kier molecular flexibility index (Phi) is 5.74. The van der Waals surface area contributed by atoms with Gasteiger partial charge in [-0.2, -0.15) is 0 Å². The lowest BCUT2D eigenvalue weighted by molar-refractivity contribution is -0.127. The number of hydrogen-bond acceptors (Lipinski definition) is 8. The Morgan fingerprint density at radius 1 is 1.21 bits per heavy atom. The van der Waals surface area contributed by atoms with Crippen molar-refractivity contribution < 1.29 is 28.5 Å². The van der Waals surface area contributed by atoms with Crippen molar-refractivity contribution in [1.29, 1.82) is 0 Å². The summed E-state index contributed by atoms with van der Waals surface area (Å²) in [6.07, 6.45) is 0.0881. The van der Waals surface area contributed by atoms with Crippen LogP contribution >= 0.6 is 0 Å². The van der Waals surface area contributed by atoms with Gasteiger partial charge < -0.3 is 24.3 Å². The second kappa shape index (κ2) is 9.15. The zero-order chi connectivity index (χ0) is 23.5. The van der Waals surface area contributed by atoms with E-state index in [2.05, 4.69) is 27.1 Å². The molecule has 0 spiro atoms. The fourth-order valence-electron chi connectivity index (χ4n) is 3.62. The molecule has 2 aliphatic rings. The van der Waals surface area contributed by atoms with Crippen molar-refractivity contribution in [2.24, 2.45) is 0 Å². The number of pyridine rings is 2. The molecule has 0 radical (unpaired) electrons. The number of aromatic nitrogens is 2. The number of carbonyl (C=O) groups excluding carboxylic acids is 2. The summed E-state index contributed by atoms with van der Waals surface area (Å²) in [5.41, 5.74) is 2.53. The van der Waals surface area contributed by atoms with Crippen LogP contribution in [-0.4, -0.2) is 61.5 Å². The Labute approximate surface area is 194 Å². The molecular formula is C24H20N4O6. The number of nitrogens with zero attached hydrogens (tertiary/aromatic N) is 3. The SMILES string of the molecule is COc1ccc2nccc(C#CCNC(=O)C3CN(c4ccc5c(c4)OCCO5)C(=O)O3)c2n1. The van der Waals surface area contributed by atoms with Crippen molar-refractivity contribution in [3.8, 4) is 29.2 Å². The molecular weight excluding hydrogens is 440 g/mol. The lowest BCUT2D eigenvalue weighted by Gasteiger charge is -2.20. The number of fused-ring (bicyclic) bond motifs is 2. The van der Waals surface area contributed by atoms with Crippen LogP contribution in [0.1, 0.15) is 5.56 Å².